The molecular weight excluding hydrogens is 202 g/mol. The molecule has 0 aromatic carbocycles. The van der Waals surface area contributed by atoms with Crippen molar-refractivity contribution in [2.24, 2.45) is 5.92 Å². The predicted molar refractivity (Wildman–Crippen MR) is 60.2 cm³/mol. The fourth-order valence-electron chi connectivity index (χ4n) is 2.51. The molecule has 2 fully saturated rings. The van der Waals surface area contributed by atoms with Gasteiger partial charge in [0.2, 0.25) is 5.89 Å². The molecule has 1 aliphatic carbocycles. The highest BCUT2D eigenvalue weighted by atomic mass is 16.5. The zero-order chi connectivity index (χ0) is 11.0. The van der Waals surface area contributed by atoms with E-state index in [1.165, 1.54) is 45.3 Å². The van der Waals surface area contributed by atoms with Crippen molar-refractivity contribution in [3.05, 3.63) is 11.7 Å². The van der Waals surface area contributed by atoms with Crippen LogP contribution in [0.1, 0.15) is 43.3 Å². The lowest BCUT2D eigenvalue weighted by Crippen LogP contribution is -2.34. The van der Waals surface area contributed by atoms with Gasteiger partial charge in [-0.05, 0) is 51.6 Å². The van der Waals surface area contributed by atoms with E-state index in [1.807, 2.05) is 6.92 Å². The van der Waals surface area contributed by atoms with Crippen molar-refractivity contribution in [2.75, 3.05) is 19.6 Å². The van der Waals surface area contributed by atoms with E-state index in [-0.39, 0.29) is 0 Å². The first-order valence-electron chi connectivity index (χ1n) is 6.34. The van der Waals surface area contributed by atoms with Gasteiger partial charge in [-0.25, -0.2) is 0 Å². The van der Waals surface area contributed by atoms with Crippen molar-refractivity contribution >= 4 is 0 Å². The number of rotatable bonds is 3. The Morgan fingerprint density at radius 1 is 1.25 bits per heavy atom. The van der Waals surface area contributed by atoms with Crippen LogP contribution in [-0.2, 0) is 0 Å². The highest BCUT2D eigenvalue weighted by Crippen LogP contribution is 2.32. The maximum atomic E-state index is 5.25. The third-order valence-electron chi connectivity index (χ3n) is 3.69. The molecule has 88 valence electrons. The van der Waals surface area contributed by atoms with Gasteiger partial charge in [0.15, 0.2) is 5.82 Å². The smallest absolute Gasteiger partial charge is 0.229 e. The van der Waals surface area contributed by atoms with E-state index in [4.69, 9.17) is 4.52 Å². The zero-order valence-electron chi connectivity index (χ0n) is 9.85. The molecule has 0 radical (unpaired) electrons. The Morgan fingerprint density at radius 3 is 2.56 bits per heavy atom. The van der Waals surface area contributed by atoms with E-state index < -0.39 is 0 Å². The molecule has 0 spiro atoms. The molecule has 0 unspecified atom stereocenters. The summed E-state index contributed by atoms with van der Waals surface area (Å²) in [4.78, 5) is 6.93. The van der Waals surface area contributed by atoms with Crippen LogP contribution in [0, 0.1) is 12.8 Å². The van der Waals surface area contributed by atoms with Gasteiger partial charge in [-0.1, -0.05) is 5.16 Å². The van der Waals surface area contributed by atoms with Crippen molar-refractivity contribution in [2.45, 2.75) is 38.5 Å². The van der Waals surface area contributed by atoms with Crippen molar-refractivity contribution in [1.29, 1.82) is 0 Å². The second-order valence-corrected chi connectivity index (χ2v) is 5.20. The summed E-state index contributed by atoms with van der Waals surface area (Å²) in [6, 6.07) is 0. The fourth-order valence-corrected chi connectivity index (χ4v) is 2.51. The summed E-state index contributed by atoms with van der Waals surface area (Å²) >= 11 is 0. The third kappa shape index (κ3) is 2.26. The number of aromatic nitrogens is 2. The molecule has 1 aromatic heterocycles. The molecule has 16 heavy (non-hydrogen) atoms. The Morgan fingerprint density at radius 2 is 2.00 bits per heavy atom. The van der Waals surface area contributed by atoms with Crippen molar-refractivity contribution in [3.63, 3.8) is 0 Å². The standard InChI is InChI=1S/C12H19N3O/c1-9-13-12(16-14-9)11-4-6-15(7-5-11)8-10-2-3-10/h10-11H,2-8H2,1H3. The van der Waals surface area contributed by atoms with Crippen molar-refractivity contribution in [1.82, 2.24) is 15.0 Å². The summed E-state index contributed by atoms with van der Waals surface area (Å²) in [5.74, 6) is 3.11. The first-order chi connectivity index (χ1) is 7.81. The van der Waals surface area contributed by atoms with Crippen molar-refractivity contribution in [3.8, 4) is 0 Å². The minimum Gasteiger partial charge on any atom is -0.339 e. The Hall–Kier alpha value is -0.900. The largest absolute Gasteiger partial charge is 0.339 e. The second-order valence-electron chi connectivity index (χ2n) is 5.20. The van der Waals surface area contributed by atoms with Gasteiger partial charge in [0.1, 0.15) is 0 Å². The topological polar surface area (TPSA) is 42.2 Å². The molecule has 1 saturated heterocycles. The molecule has 1 aromatic rings. The minimum atomic E-state index is 0.497. The van der Waals surface area contributed by atoms with E-state index >= 15 is 0 Å². The molecule has 0 bridgehead atoms. The zero-order valence-corrected chi connectivity index (χ0v) is 9.85. The van der Waals surface area contributed by atoms with Gasteiger partial charge in [0.25, 0.3) is 0 Å². The molecule has 0 N–H and O–H groups in total. The van der Waals surface area contributed by atoms with E-state index in [9.17, 15) is 0 Å². The van der Waals surface area contributed by atoms with E-state index in [2.05, 4.69) is 15.0 Å². The lowest BCUT2D eigenvalue weighted by atomic mass is 9.96. The first kappa shape index (κ1) is 10.3. The minimum absolute atomic E-state index is 0.497. The van der Waals surface area contributed by atoms with Crippen LogP contribution >= 0.6 is 0 Å². The summed E-state index contributed by atoms with van der Waals surface area (Å²) in [6.45, 7) is 5.59. The SMILES string of the molecule is Cc1noc(C2CCN(CC3CC3)CC2)n1. The van der Waals surface area contributed by atoms with Crippen LogP contribution in [0.25, 0.3) is 0 Å². The Balaban J connectivity index is 1.53. The number of likely N-dealkylation sites (tertiary alicyclic amines) is 1. The first-order valence-corrected chi connectivity index (χ1v) is 6.34. The Bertz CT molecular complexity index is 351. The third-order valence-corrected chi connectivity index (χ3v) is 3.69. The van der Waals surface area contributed by atoms with E-state index in [1.54, 1.807) is 0 Å². The maximum Gasteiger partial charge on any atom is 0.229 e. The fraction of sp³-hybridized carbons (Fsp3) is 0.833. The van der Waals surface area contributed by atoms with E-state index in [0.29, 0.717) is 5.92 Å². The quantitative estimate of drug-likeness (QED) is 0.782. The van der Waals surface area contributed by atoms with Gasteiger partial charge in [-0.2, -0.15) is 4.98 Å². The van der Waals surface area contributed by atoms with Crippen LogP contribution in [0.3, 0.4) is 0 Å². The number of hydrogen-bond donors (Lipinski definition) is 0. The monoisotopic (exact) mass is 221 g/mol. The average molecular weight is 221 g/mol. The molecule has 1 aliphatic heterocycles. The van der Waals surface area contributed by atoms with Crippen LogP contribution in [0.5, 0.6) is 0 Å². The summed E-state index contributed by atoms with van der Waals surface area (Å²) in [7, 11) is 0. The molecule has 3 rings (SSSR count). The molecule has 1 saturated carbocycles. The molecule has 0 amide bonds. The number of piperidine rings is 1. The van der Waals surface area contributed by atoms with Crippen LogP contribution in [-0.4, -0.2) is 34.7 Å². The Labute approximate surface area is 96.0 Å². The van der Waals surface area contributed by atoms with Crippen LogP contribution < -0.4 is 0 Å². The molecule has 4 nitrogen and oxygen atoms in total. The molecular formula is C12H19N3O. The van der Waals surface area contributed by atoms with Crippen LogP contribution in [0.15, 0.2) is 4.52 Å². The summed E-state index contributed by atoms with van der Waals surface area (Å²) < 4.78 is 5.25. The molecule has 0 atom stereocenters. The normalized spacial score (nSPS) is 23.8. The predicted octanol–water partition coefficient (Wildman–Crippen LogP) is 1.97. The molecule has 2 aliphatic rings. The van der Waals surface area contributed by atoms with Gasteiger partial charge in [0, 0.05) is 12.5 Å². The Kier molecular flexibility index (Phi) is 2.67. The number of nitrogens with zero attached hydrogens (tertiary/aromatic N) is 3. The number of hydrogen-bond acceptors (Lipinski definition) is 4. The number of aryl methyl sites for hydroxylation is 1. The summed E-state index contributed by atoms with van der Waals surface area (Å²) in [5.41, 5.74) is 0. The van der Waals surface area contributed by atoms with Crippen LogP contribution in [0.2, 0.25) is 0 Å². The summed E-state index contributed by atoms with van der Waals surface area (Å²) in [6.07, 6.45) is 5.24. The second kappa shape index (κ2) is 4.17. The lowest BCUT2D eigenvalue weighted by Gasteiger charge is -2.30. The van der Waals surface area contributed by atoms with Gasteiger partial charge in [-0.15, -0.1) is 0 Å². The lowest BCUT2D eigenvalue weighted by molar-refractivity contribution is 0.188. The van der Waals surface area contributed by atoms with E-state index in [0.717, 1.165) is 17.6 Å². The molecule has 2 heterocycles. The van der Waals surface area contributed by atoms with Gasteiger partial charge >= 0.3 is 0 Å². The molecule has 4 heteroatoms. The maximum absolute atomic E-state index is 5.25. The van der Waals surface area contributed by atoms with Gasteiger partial charge in [-0.3, -0.25) is 0 Å². The van der Waals surface area contributed by atoms with Gasteiger partial charge < -0.3 is 9.42 Å². The van der Waals surface area contributed by atoms with Crippen LogP contribution in [0.4, 0.5) is 0 Å². The van der Waals surface area contributed by atoms with Gasteiger partial charge in [0.05, 0.1) is 0 Å². The highest BCUT2D eigenvalue weighted by Gasteiger charge is 2.29. The van der Waals surface area contributed by atoms with Crippen molar-refractivity contribution < 1.29 is 4.52 Å². The average Bonchev–Trinajstić information content (AvgIpc) is 3.00. The highest BCUT2D eigenvalue weighted by molar-refractivity contribution is 4.96. The summed E-state index contributed by atoms with van der Waals surface area (Å²) in [5, 5.41) is 3.87.